The highest BCUT2D eigenvalue weighted by Gasteiger charge is 2.33. The maximum Gasteiger partial charge on any atom is 0.241 e. The molecule has 1 aliphatic rings. The molecule has 1 atom stereocenters. The zero-order chi connectivity index (χ0) is 22.6. The molecule has 1 heterocycles. The molecule has 2 aromatic rings. The Labute approximate surface area is 181 Å². The average molecular weight is 448 g/mol. The largest absolute Gasteiger partial charge is 0.495 e. The summed E-state index contributed by atoms with van der Waals surface area (Å²) >= 11 is 0. The third-order valence-electron chi connectivity index (χ3n) is 4.67. The first-order chi connectivity index (χ1) is 14.8. The van der Waals surface area contributed by atoms with Crippen molar-refractivity contribution in [3.63, 3.8) is 0 Å². The van der Waals surface area contributed by atoms with Crippen LogP contribution in [0.2, 0.25) is 0 Å². The third-order valence-corrected chi connectivity index (χ3v) is 6.25. The summed E-state index contributed by atoms with van der Waals surface area (Å²) in [5.41, 5.74) is 0.107. The Morgan fingerprint density at radius 3 is 2.19 bits per heavy atom. The number of anilines is 1. The van der Waals surface area contributed by atoms with Crippen LogP contribution in [0.1, 0.15) is 19.8 Å². The highest BCUT2D eigenvalue weighted by molar-refractivity contribution is 7.89. The molecule has 31 heavy (non-hydrogen) atoms. The van der Waals surface area contributed by atoms with Gasteiger partial charge in [-0.15, -0.1) is 0 Å². The van der Waals surface area contributed by atoms with Gasteiger partial charge in [0, 0.05) is 12.8 Å². The molecule has 2 amide bonds. The number of rotatable bonds is 9. The lowest BCUT2D eigenvalue weighted by molar-refractivity contribution is -0.121. The molecule has 0 spiro atoms. The van der Waals surface area contributed by atoms with Crippen LogP contribution in [0.25, 0.3) is 0 Å². The Balaban J connectivity index is 1.77. The lowest BCUT2D eigenvalue weighted by Gasteiger charge is -2.20. The number of carbonyl (C=O) groups is 2. The minimum Gasteiger partial charge on any atom is -0.495 e. The van der Waals surface area contributed by atoms with E-state index in [1.54, 1.807) is 31.2 Å². The lowest BCUT2D eigenvalue weighted by atomic mass is 10.2. The van der Waals surface area contributed by atoms with E-state index in [0.717, 1.165) is 4.90 Å². The maximum atomic E-state index is 12.9. The fourth-order valence-corrected chi connectivity index (χ4v) is 4.42. The van der Waals surface area contributed by atoms with Crippen LogP contribution in [0.4, 0.5) is 5.69 Å². The van der Waals surface area contributed by atoms with E-state index in [4.69, 9.17) is 14.2 Å². The van der Waals surface area contributed by atoms with Gasteiger partial charge in [-0.2, -0.15) is 0 Å². The number of methoxy groups -OCH3 is 2. The van der Waals surface area contributed by atoms with Crippen LogP contribution >= 0.6 is 0 Å². The number of para-hydroxylation sites is 2. The molecule has 0 aliphatic carbocycles. The van der Waals surface area contributed by atoms with E-state index >= 15 is 0 Å². The molecule has 0 radical (unpaired) electrons. The summed E-state index contributed by atoms with van der Waals surface area (Å²) in [6, 6.07) is 10.5. The monoisotopic (exact) mass is 448 g/mol. The number of carbonyl (C=O) groups excluding carboxylic acids is 2. The van der Waals surface area contributed by atoms with Crippen molar-refractivity contribution in [2.45, 2.75) is 30.7 Å². The fourth-order valence-electron chi connectivity index (χ4n) is 3.18. The Kier molecular flexibility index (Phi) is 6.81. The summed E-state index contributed by atoms with van der Waals surface area (Å²) in [6.45, 7) is 1.72. The van der Waals surface area contributed by atoms with E-state index in [1.165, 1.54) is 32.4 Å². The quantitative estimate of drug-likeness (QED) is 0.585. The summed E-state index contributed by atoms with van der Waals surface area (Å²) in [4.78, 5) is 25.1. The Morgan fingerprint density at radius 2 is 1.58 bits per heavy atom. The van der Waals surface area contributed by atoms with Crippen LogP contribution < -0.4 is 23.8 Å². The highest BCUT2D eigenvalue weighted by Crippen LogP contribution is 2.34. The van der Waals surface area contributed by atoms with Crippen molar-refractivity contribution in [2.75, 3.05) is 25.7 Å². The molecule has 0 bridgehead atoms. The first-order valence-corrected chi connectivity index (χ1v) is 11.1. The van der Waals surface area contributed by atoms with Gasteiger partial charge in [-0.3, -0.25) is 9.59 Å². The van der Waals surface area contributed by atoms with E-state index in [9.17, 15) is 18.0 Å². The van der Waals surface area contributed by atoms with Gasteiger partial charge >= 0.3 is 0 Å². The van der Waals surface area contributed by atoms with Gasteiger partial charge in [-0.05, 0) is 37.3 Å². The summed E-state index contributed by atoms with van der Waals surface area (Å²) in [5, 5.41) is 0. The van der Waals surface area contributed by atoms with Gasteiger partial charge in [0.1, 0.15) is 12.4 Å². The van der Waals surface area contributed by atoms with E-state index in [0.29, 0.717) is 11.5 Å². The molecule has 1 fully saturated rings. The van der Waals surface area contributed by atoms with Crippen LogP contribution in [0.3, 0.4) is 0 Å². The number of imide groups is 1. The molecule has 0 aromatic heterocycles. The molecule has 3 rings (SSSR count). The normalized spacial score (nSPS) is 15.1. The number of nitrogens with zero attached hydrogens (tertiary/aromatic N) is 1. The van der Waals surface area contributed by atoms with Crippen molar-refractivity contribution in [1.82, 2.24) is 4.72 Å². The number of nitrogens with one attached hydrogen (secondary N) is 1. The second-order valence-electron chi connectivity index (χ2n) is 6.94. The Morgan fingerprint density at radius 1 is 0.968 bits per heavy atom. The SMILES string of the molecule is COc1ccccc1OC[C@H](C)NS(=O)(=O)c1ccc(OC)c(N2C(=O)CCC2=O)c1. The summed E-state index contributed by atoms with van der Waals surface area (Å²) in [7, 11) is -1.06. The van der Waals surface area contributed by atoms with E-state index in [2.05, 4.69) is 4.72 Å². The van der Waals surface area contributed by atoms with Crippen LogP contribution in [-0.2, 0) is 19.6 Å². The van der Waals surface area contributed by atoms with Gasteiger partial charge in [0.2, 0.25) is 21.8 Å². The predicted molar refractivity (Wildman–Crippen MR) is 113 cm³/mol. The molecule has 10 heteroatoms. The molecular weight excluding hydrogens is 424 g/mol. The number of hydrogen-bond acceptors (Lipinski definition) is 7. The first-order valence-electron chi connectivity index (χ1n) is 9.58. The van der Waals surface area contributed by atoms with Crippen molar-refractivity contribution in [2.24, 2.45) is 0 Å². The van der Waals surface area contributed by atoms with E-state index < -0.39 is 27.9 Å². The molecule has 0 saturated carbocycles. The number of amides is 2. The molecule has 9 nitrogen and oxygen atoms in total. The molecule has 1 aliphatic heterocycles. The molecule has 0 unspecified atom stereocenters. The van der Waals surface area contributed by atoms with Gasteiger partial charge in [0.15, 0.2) is 11.5 Å². The van der Waals surface area contributed by atoms with Gasteiger partial charge in [-0.1, -0.05) is 12.1 Å². The number of sulfonamides is 1. The molecule has 2 aromatic carbocycles. The molecule has 1 N–H and O–H groups in total. The minimum absolute atomic E-state index is 0.0612. The summed E-state index contributed by atoms with van der Waals surface area (Å²) in [6.07, 6.45) is 0.156. The van der Waals surface area contributed by atoms with Crippen LogP contribution in [0.5, 0.6) is 17.2 Å². The standard InChI is InChI=1S/C21H24N2O7S/c1-14(13-30-19-7-5-4-6-18(19)29-3)22-31(26,27)15-8-9-17(28-2)16(12-15)23-20(24)10-11-21(23)25/h4-9,12,14,22H,10-11,13H2,1-3H3/t14-/m0/s1. The fraction of sp³-hybridized carbons (Fsp3) is 0.333. The topological polar surface area (TPSA) is 111 Å². The van der Waals surface area contributed by atoms with E-state index in [-0.39, 0.29) is 35.8 Å². The van der Waals surface area contributed by atoms with Crippen LogP contribution in [0.15, 0.2) is 47.4 Å². The van der Waals surface area contributed by atoms with Crippen molar-refractivity contribution in [3.8, 4) is 17.2 Å². The van der Waals surface area contributed by atoms with Crippen molar-refractivity contribution in [1.29, 1.82) is 0 Å². The minimum atomic E-state index is -3.96. The number of benzene rings is 2. The van der Waals surface area contributed by atoms with Crippen LogP contribution in [-0.4, -0.2) is 47.1 Å². The zero-order valence-corrected chi connectivity index (χ0v) is 18.3. The van der Waals surface area contributed by atoms with Crippen molar-refractivity contribution < 1.29 is 32.2 Å². The molecular formula is C21H24N2O7S. The van der Waals surface area contributed by atoms with Gasteiger partial charge < -0.3 is 14.2 Å². The first kappa shape index (κ1) is 22.6. The summed E-state index contributed by atoms with van der Waals surface area (Å²) < 4.78 is 44.4. The van der Waals surface area contributed by atoms with E-state index in [1.807, 2.05) is 0 Å². The summed E-state index contributed by atoms with van der Waals surface area (Å²) in [5.74, 6) is 0.468. The smallest absolute Gasteiger partial charge is 0.241 e. The van der Waals surface area contributed by atoms with Gasteiger partial charge in [0.05, 0.1) is 30.8 Å². The molecule has 1 saturated heterocycles. The van der Waals surface area contributed by atoms with Crippen molar-refractivity contribution >= 4 is 27.5 Å². The number of ether oxygens (including phenoxy) is 3. The zero-order valence-electron chi connectivity index (χ0n) is 17.5. The van der Waals surface area contributed by atoms with Crippen molar-refractivity contribution in [3.05, 3.63) is 42.5 Å². The lowest BCUT2D eigenvalue weighted by Crippen LogP contribution is -2.37. The second-order valence-corrected chi connectivity index (χ2v) is 8.65. The third kappa shape index (κ3) is 4.97. The molecule has 166 valence electrons. The second kappa shape index (κ2) is 9.36. The number of hydrogen-bond donors (Lipinski definition) is 1. The van der Waals surface area contributed by atoms with Crippen LogP contribution in [0, 0.1) is 0 Å². The predicted octanol–water partition coefficient (Wildman–Crippen LogP) is 2.10. The Bertz CT molecular complexity index is 1070. The van der Waals surface area contributed by atoms with Gasteiger partial charge in [0.25, 0.3) is 0 Å². The highest BCUT2D eigenvalue weighted by atomic mass is 32.2. The van der Waals surface area contributed by atoms with Gasteiger partial charge in [-0.25, -0.2) is 18.0 Å². The average Bonchev–Trinajstić information content (AvgIpc) is 3.09. The maximum absolute atomic E-state index is 12.9. The Hall–Kier alpha value is -3.11.